The molecule has 0 aliphatic carbocycles. The van der Waals surface area contributed by atoms with Gasteiger partial charge < -0.3 is 4.74 Å². The Morgan fingerprint density at radius 1 is 1.23 bits per heavy atom. The van der Waals surface area contributed by atoms with Crippen LogP contribution in [-0.4, -0.2) is 19.7 Å². The molecule has 0 aliphatic heterocycles. The van der Waals surface area contributed by atoms with Gasteiger partial charge in [0.2, 0.25) is 5.88 Å². The number of ether oxygens (including phenoxy) is 1. The Kier molecular flexibility index (Phi) is 3.74. The maximum Gasteiger partial charge on any atom is 0.233 e. The average Bonchev–Trinajstić information content (AvgIpc) is 2.84. The van der Waals surface area contributed by atoms with Gasteiger partial charge >= 0.3 is 0 Å². The molecule has 0 atom stereocenters. The Morgan fingerprint density at radius 3 is 2.73 bits per heavy atom. The maximum absolute atomic E-state index is 6.30. The first-order chi connectivity index (χ1) is 10.5. The fourth-order valence-electron chi connectivity index (χ4n) is 2.35. The monoisotopic (exact) mass is 316 g/mol. The first-order valence-corrected chi connectivity index (χ1v) is 7.45. The Balaban J connectivity index is 2.07. The summed E-state index contributed by atoms with van der Waals surface area (Å²) in [4.78, 5) is 8.45. The van der Waals surface area contributed by atoms with Crippen LogP contribution < -0.4 is 4.74 Å². The molecular formula is C16H17ClN4O. The number of hydrogen-bond donors (Lipinski definition) is 0. The van der Waals surface area contributed by atoms with Gasteiger partial charge in [0.15, 0.2) is 5.65 Å². The first-order valence-electron chi connectivity index (χ1n) is 7.08. The lowest BCUT2D eigenvalue weighted by Crippen LogP contribution is -1.97. The highest BCUT2D eigenvalue weighted by molar-refractivity contribution is 6.31. The van der Waals surface area contributed by atoms with Crippen molar-refractivity contribution in [2.45, 2.75) is 26.7 Å². The van der Waals surface area contributed by atoms with Gasteiger partial charge in [-0.2, -0.15) is 5.10 Å². The van der Waals surface area contributed by atoms with Gasteiger partial charge in [-0.05, 0) is 36.1 Å². The third kappa shape index (κ3) is 2.52. The van der Waals surface area contributed by atoms with E-state index in [1.807, 2.05) is 26.1 Å². The number of aryl methyl sites for hydroxylation is 2. The number of hydrogen-bond acceptors (Lipinski definition) is 4. The summed E-state index contributed by atoms with van der Waals surface area (Å²) in [5.41, 5.74) is 2.75. The standard InChI is InChI=1S/C16H17ClN4O/c1-9(2)11-6-14(10(3)5-13(11)17)22-16-12-7-20-21(4)15(12)18-8-19-16/h5-9H,1-4H3. The minimum absolute atomic E-state index is 0.319. The van der Waals surface area contributed by atoms with Gasteiger partial charge in [0, 0.05) is 12.1 Å². The van der Waals surface area contributed by atoms with E-state index in [2.05, 4.69) is 28.9 Å². The molecule has 6 heteroatoms. The number of fused-ring (bicyclic) bond motifs is 1. The predicted molar refractivity (Wildman–Crippen MR) is 86.7 cm³/mol. The highest BCUT2D eigenvalue weighted by atomic mass is 35.5. The van der Waals surface area contributed by atoms with Crippen molar-refractivity contribution in [1.29, 1.82) is 0 Å². The van der Waals surface area contributed by atoms with Crippen LogP contribution in [0.4, 0.5) is 0 Å². The SMILES string of the molecule is Cc1cc(Cl)c(C(C)C)cc1Oc1ncnc2c1cnn2C. The molecule has 2 heterocycles. The van der Waals surface area contributed by atoms with E-state index in [1.54, 1.807) is 10.9 Å². The van der Waals surface area contributed by atoms with Gasteiger partial charge in [-0.25, -0.2) is 9.97 Å². The van der Waals surface area contributed by atoms with Gasteiger partial charge in [0.1, 0.15) is 17.5 Å². The zero-order chi connectivity index (χ0) is 15.9. The van der Waals surface area contributed by atoms with Crippen molar-refractivity contribution in [2.24, 2.45) is 7.05 Å². The molecule has 0 bridgehead atoms. The number of nitrogens with zero attached hydrogens (tertiary/aromatic N) is 4. The van der Waals surface area contributed by atoms with Crippen LogP contribution in [0.2, 0.25) is 5.02 Å². The molecule has 22 heavy (non-hydrogen) atoms. The minimum atomic E-state index is 0.319. The van der Waals surface area contributed by atoms with Crippen LogP contribution in [0.5, 0.6) is 11.6 Å². The fraction of sp³-hybridized carbons (Fsp3) is 0.312. The van der Waals surface area contributed by atoms with Crippen molar-refractivity contribution in [1.82, 2.24) is 19.7 Å². The van der Waals surface area contributed by atoms with Gasteiger partial charge in [-0.3, -0.25) is 4.68 Å². The molecule has 5 nitrogen and oxygen atoms in total. The molecule has 3 rings (SSSR count). The largest absolute Gasteiger partial charge is 0.438 e. The van der Waals surface area contributed by atoms with Crippen LogP contribution in [-0.2, 0) is 7.05 Å². The molecule has 0 aliphatic rings. The quantitative estimate of drug-likeness (QED) is 0.725. The second kappa shape index (κ2) is 5.57. The van der Waals surface area contributed by atoms with Crippen molar-refractivity contribution in [3.05, 3.63) is 40.8 Å². The molecule has 0 unspecified atom stereocenters. The van der Waals surface area contributed by atoms with Crippen molar-refractivity contribution in [3.8, 4) is 11.6 Å². The highest BCUT2D eigenvalue weighted by Crippen LogP contribution is 2.34. The second-order valence-electron chi connectivity index (χ2n) is 5.58. The van der Waals surface area contributed by atoms with Crippen LogP contribution in [0.3, 0.4) is 0 Å². The molecule has 0 N–H and O–H groups in total. The predicted octanol–water partition coefficient (Wildman–Crippen LogP) is 4.24. The second-order valence-corrected chi connectivity index (χ2v) is 5.99. The average molecular weight is 317 g/mol. The van der Waals surface area contributed by atoms with Gasteiger partial charge in [-0.1, -0.05) is 25.4 Å². The lowest BCUT2D eigenvalue weighted by atomic mass is 10.0. The van der Waals surface area contributed by atoms with Crippen LogP contribution in [0.15, 0.2) is 24.7 Å². The van der Waals surface area contributed by atoms with Crippen molar-refractivity contribution >= 4 is 22.6 Å². The molecule has 0 saturated heterocycles. The number of benzene rings is 1. The number of halogens is 1. The van der Waals surface area contributed by atoms with E-state index in [1.165, 1.54) is 6.33 Å². The lowest BCUT2D eigenvalue weighted by molar-refractivity contribution is 0.463. The van der Waals surface area contributed by atoms with Crippen LogP contribution in [0, 0.1) is 6.92 Å². The normalized spacial score (nSPS) is 11.4. The molecule has 0 amide bonds. The molecule has 3 aromatic rings. The topological polar surface area (TPSA) is 52.8 Å². The zero-order valence-corrected chi connectivity index (χ0v) is 13.7. The van der Waals surface area contributed by atoms with E-state index in [0.29, 0.717) is 11.8 Å². The molecule has 0 saturated carbocycles. The van der Waals surface area contributed by atoms with Crippen LogP contribution in [0.25, 0.3) is 11.0 Å². The number of aromatic nitrogens is 4. The Labute approximate surface area is 133 Å². The Morgan fingerprint density at radius 2 is 2.00 bits per heavy atom. The van der Waals surface area contributed by atoms with Crippen LogP contribution >= 0.6 is 11.6 Å². The van der Waals surface area contributed by atoms with Crippen LogP contribution in [0.1, 0.15) is 30.9 Å². The smallest absolute Gasteiger partial charge is 0.233 e. The molecule has 0 radical (unpaired) electrons. The van der Waals surface area contributed by atoms with Crippen molar-refractivity contribution in [2.75, 3.05) is 0 Å². The Bertz CT molecular complexity index is 842. The first kappa shape index (κ1) is 14.8. The summed E-state index contributed by atoms with van der Waals surface area (Å²) >= 11 is 6.30. The molecule has 0 spiro atoms. The summed E-state index contributed by atoms with van der Waals surface area (Å²) in [5, 5.41) is 5.73. The van der Waals surface area contributed by atoms with E-state index in [0.717, 1.165) is 32.9 Å². The molecule has 2 aromatic heterocycles. The summed E-state index contributed by atoms with van der Waals surface area (Å²) < 4.78 is 7.71. The molecular weight excluding hydrogens is 300 g/mol. The highest BCUT2D eigenvalue weighted by Gasteiger charge is 2.14. The summed E-state index contributed by atoms with van der Waals surface area (Å²) in [6, 6.07) is 3.90. The van der Waals surface area contributed by atoms with Gasteiger partial charge in [0.25, 0.3) is 0 Å². The van der Waals surface area contributed by atoms with E-state index in [-0.39, 0.29) is 0 Å². The molecule has 0 fully saturated rings. The third-order valence-corrected chi connectivity index (χ3v) is 3.94. The molecule has 114 valence electrons. The fourth-order valence-corrected chi connectivity index (χ4v) is 2.78. The number of rotatable bonds is 3. The van der Waals surface area contributed by atoms with Crippen molar-refractivity contribution < 1.29 is 4.74 Å². The van der Waals surface area contributed by atoms with Crippen molar-refractivity contribution in [3.63, 3.8) is 0 Å². The Hall–Kier alpha value is -2.14. The van der Waals surface area contributed by atoms with E-state index < -0.39 is 0 Å². The lowest BCUT2D eigenvalue weighted by Gasteiger charge is -2.14. The summed E-state index contributed by atoms with van der Waals surface area (Å²) in [5.74, 6) is 1.56. The maximum atomic E-state index is 6.30. The van der Waals surface area contributed by atoms with Gasteiger partial charge in [0.05, 0.1) is 6.20 Å². The zero-order valence-electron chi connectivity index (χ0n) is 13.0. The van der Waals surface area contributed by atoms with E-state index in [4.69, 9.17) is 16.3 Å². The van der Waals surface area contributed by atoms with E-state index in [9.17, 15) is 0 Å². The minimum Gasteiger partial charge on any atom is -0.438 e. The van der Waals surface area contributed by atoms with E-state index >= 15 is 0 Å². The summed E-state index contributed by atoms with van der Waals surface area (Å²) in [6.45, 7) is 6.17. The third-order valence-electron chi connectivity index (χ3n) is 3.62. The molecule has 1 aromatic carbocycles. The summed E-state index contributed by atoms with van der Waals surface area (Å²) in [6.07, 6.45) is 3.19. The van der Waals surface area contributed by atoms with Gasteiger partial charge in [-0.15, -0.1) is 0 Å². The summed E-state index contributed by atoms with van der Waals surface area (Å²) in [7, 11) is 1.84.